The van der Waals surface area contributed by atoms with Gasteiger partial charge in [0.05, 0.1) is 13.1 Å². The highest BCUT2D eigenvalue weighted by molar-refractivity contribution is 7.10. The van der Waals surface area contributed by atoms with Crippen LogP contribution in [0.5, 0.6) is 0 Å². The second-order valence-electron chi connectivity index (χ2n) is 7.44. The van der Waals surface area contributed by atoms with Gasteiger partial charge < -0.3 is 11.1 Å². The molecule has 3 heterocycles. The van der Waals surface area contributed by atoms with E-state index in [9.17, 15) is 18.4 Å². The van der Waals surface area contributed by atoms with Gasteiger partial charge in [-0.25, -0.2) is 9.48 Å². The van der Waals surface area contributed by atoms with Crippen LogP contribution in [0.15, 0.2) is 46.4 Å². The number of hydrogen-bond acceptors (Lipinski definition) is 5. The highest BCUT2D eigenvalue weighted by Crippen LogP contribution is 2.34. The van der Waals surface area contributed by atoms with Crippen LogP contribution in [0.2, 0.25) is 0 Å². The minimum atomic E-state index is -1.88. The first-order chi connectivity index (χ1) is 14.9. The van der Waals surface area contributed by atoms with Crippen molar-refractivity contribution in [2.75, 3.05) is 11.9 Å². The van der Waals surface area contributed by atoms with Crippen molar-refractivity contribution in [1.29, 1.82) is 0 Å². The molecule has 0 saturated carbocycles. The molecule has 7 nitrogen and oxygen atoms in total. The summed E-state index contributed by atoms with van der Waals surface area (Å²) < 4.78 is 28.0. The van der Waals surface area contributed by atoms with Crippen LogP contribution in [0, 0.1) is 6.92 Å². The number of fused-ring (bicyclic) bond motifs is 1. The number of carbonyl (C=O) groups excluding carboxylic acids is 1. The summed E-state index contributed by atoms with van der Waals surface area (Å²) in [7, 11) is 0. The van der Waals surface area contributed by atoms with Crippen LogP contribution in [0.1, 0.15) is 22.4 Å². The molecule has 0 atom stereocenters. The van der Waals surface area contributed by atoms with Gasteiger partial charge in [-0.15, -0.1) is 11.3 Å². The number of thiophene rings is 1. The number of aryl methyl sites for hydroxylation is 2. The zero-order chi connectivity index (χ0) is 22.1. The molecule has 10 heteroatoms. The molecular weight excluding hydrogens is 424 g/mol. The monoisotopic (exact) mass is 445 g/mol. The van der Waals surface area contributed by atoms with E-state index < -0.39 is 11.8 Å². The quantitative estimate of drug-likeness (QED) is 0.610. The summed E-state index contributed by atoms with van der Waals surface area (Å²) in [5, 5.41) is 8.88. The van der Waals surface area contributed by atoms with Gasteiger partial charge in [-0.1, -0.05) is 0 Å². The molecule has 0 bridgehead atoms. The lowest BCUT2D eigenvalue weighted by Crippen LogP contribution is -2.27. The Bertz CT molecular complexity index is 1240. The lowest BCUT2D eigenvalue weighted by molar-refractivity contribution is -0.116. The van der Waals surface area contributed by atoms with Crippen molar-refractivity contribution in [3.05, 3.63) is 68.0 Å². The number of benzene rings is 1. The molecule has 1 aliphatic heterocycles. The van der Waals surface area contributed by atoms with E-state index in [2.05, 4.69) is 16.5 Å². The molecule has 1 aliphatic rings. The SMILES string of the molecule is Cc1cc(-c2csc(Cn3cnn(CC(CN)=C(F)F)c3=O)c2)cc2c1NC(=O)CC2. The Morgan fingerprint density at radius 2 is 2.03 bits per heavy atom. The Hall–Kier alpha value is -3.11. The number of halogens is 2. The number of amides is 1. The third-order valence-electron chi connectivity index (χ3n) is 5.27. The van der Waals surface area contributed by atoms with Crippen LogP contribution in [0.3, 0.4) is 0 Å². The van der Waals surface area contributed by atoms with E-state index in [0.717, 1.165) is 37.5 Å². The Morgan fingerprint density at radius 1 is 1.23 bits per heavy atom. The van der Waals surface area contributed by atoms with Crippen LogP contribution in [-0.4, -0.2) is 26.8 Å². The lowest BCUT2D eigenvalue weighted by Gasteiger charge is -2.20. The second-order valence-corrected chi connectivity index (χ2v) is 8.44. The number of nitrogens with zero attached hydrogens (tertiary/aromatic N) is 3. The van der Waals surface area contributed by atoms with E-state index in [1.54, 1.807) is 0 Å². The van der Waals surface area contributed by atoms with Crippen LogP contribution in [-0.2, 0) is 24.3 Å². The topological polar surface area (TPSA) is 94.9 Å². The van der Waals surface area contributed by atoms with E-state index in [4.69, 9.17) is 5.73 Å². The fraction of sp³-hybridized carbons (Fsp3) is 0.286. The largest absolute Gasteiger partial charge is 0.346 e. The van der Waals surface area contributed by atoms with Crippen LogP contribution in [0.4, 0.5) is 14.5 Å². The van der Waals surface area contributed by atoms with Crippen molar-refractivity contribution in [3.8, 4) is 11.1 Å². The summed E-state index contributed by atoms with van der Waals surface area (Å²) in [6, 6.07) is 6.13. The molecule has 0 spiro atoms. The summed E-state index contributed by atoms with van der Waals surface area (Å²) >= 11 is 1.51. The number of nitrogens with two attached hydrogens (primary N) is 1. The molecule has 1 aromatic carbocycles. The summed E-state index contributed by atoms with van der Waals surface area (Å²) in [6.07, 6.45) is 0.648. The van der Waals surface area contributed by atoms with Gasteiger partial charge >= 0.3 is 5.69 Å². The maximum absolute atomic E-state index is 12.8. The molecule has 0 saturated heterocycles. The number of rotatable bonds is 6. The van der Waals surface area contributed by atoms with Gasteiger partial charge in [-0.3, -0.25) is 9.36 Å². The van der Waals surface area contributed by atoms with Gasteiger partial charge in [-0.2, -0.15) is 13.9 Å². The molecular formula is C21H21F2N5O2S. The molecule has 0 unspecified atom stereocenters. The Labute approximate surface area is 180 Å². The first-order valence-electron chi connectivity index (χ1n) is 9.72. The van der Waals surface area contributed by atoms with Crippen molar-refractivity contribution in [2.45, 2.75) is 32.9 Å². The normalized spacial score (nSPS) is 13.1. The number of anilines is 1. The molecule has 3 aromatic rings. The molecule has 2 aromatic heterocycles. The first-order valence-corrected chi connectivity index (χ1v) is 10.6. The van der Waals surface area contributed by atoms with E-state index >= 15 is 0 Å². The third-order valence-corrected chi connectivity index (χ3v) is 6.19. The number of hydrogen-bond donors (Lipinski definition) is 2. The molecule has 31 heavy (non-hydrogen) atoms. The molecule has 162 valence electrons. The van der Waals surface area contributed by atoms with E-state index in [0.29, 0.717) is 19.4 Å². The van der Waals surface area contributed by atoms with Crippen LogP contribution >= 0.6 is 11.3 Å². The van der Waals surface area contributed by atoms with Gasteiger partial charge in [0.25, 0.3) is 6.08 Å². The van der Waals surface area contributed by atoms with Gasteiger partial charge in [0.1, 0.15) is 6.33 Å². The molecule has 0 fully saturated rings. The van der Waals surface area contributed by atoms with Gasteiger partial charge in [0.15, 0.2) is 0 Å². The van der Waals surface area contributed by atoms with Crippen LogP contribution in [0.25, 0.3) is 11.1 Å². The number of carbonyl (C=O) groups is 1. The summed E-state index contributed by atoms with van der Waals surface area (Å²) in [6.45, 7) is 1.60. The molecule has 1 amide bonds. The predicted molar refractivity (Wildman–Crippen MR) is 115 cm³/mol. The Morgan fingerprint density at radius 3 is 2.77 bits per heavy atom. The molecule has 0 aliphatic carbocycles. The van der Waals surface area contributed by atoms with Crippen molar-refractivity contribution < 1.29 is 13.6 Å². The fourth-order valence-electron chi connectivity index (χ4n) is 3.61. The van der Waals surface area contributed by atoms with Gasteiger partial charge in [0.2, 0.25) is 5.91 Å². The number of nitrogens with one attached hydrogen (secondary N) is 1. The average Bonchev–Trinajstić information content (AvgIpc) is 3.34. The highest BCUT2D eigenvalue weighted by atomic mass is 32.1. The van der Waals surface area contributed by atoms with E-state index in [1.165, 1.54) is 22.2 Å². The zero-order valence-electron chi connectivity index (χ0n) is 16.8. The Kier molecular flexibility index (Phi) is 5.84. The molecule has 3 N–H and O–H groups in total. The predicted octanol–water partition coefficient (Wildman–Crippen LogP) is 3.12. The summed E-state index contributed by atoms with van der Waals surface area (Å²) in [5.41, 5.74) is 9.62. The van der Waals surface area contributed by atoms with Crippen molar-refractivity contribution in [2.24, 2.45) is 5.73 Å². The highest BCUT2D eigenvalue weighted by Gasteiger charge is 2.18. The summed E-state index contributed by atoms with van der Waals surface area (Å²) in [5.74, 6) is 0.0375. The van der Waals surface area contributed by atoms with Crippen LogP contribution < -0.4 is 16.7 Å². The van der Waals surface area contributed by atoms with Crippen molar-refractivity contribution in [1.82, 2.24) is 14.3 Å². The molecule has 4 rings (SSSR count). The Balaban J connectivity index is 1.55. The smallest absolute Gasteiger partial charge is 0.327 e. The first kappa shape index (κ1) is 21.1. The maximum Gasteiger partial charge on any atom is 0.346 e. The zero-order valence-corrected chi connectivity index (χ0v) is 17.6. The fourth-order valence-corrected chi connectivity index (χ4v) is 4.50. The van der Waals surface area contributed by atoms with Gasteiger partial charge in [0, 0.05) is 29.1 Å². The number of aromatic nitrogens is 3. The van der Waals surface area contributed by atoms with Crippen molar-refractivity contribution >= 4 is 22.9 Å². The lowest BCUT2D eigenvalue weighted by atomic mass is 9.94. The minimum absolute atomic E-state index is 0.0375. The average molecular weight is 445 g/mol. The minimum Gasteiger partial charge on any atom is -0.327 e. The maximum atomic E-state index is 12.8. The third kappa shape index (κ3) is 4.35. The van der Waals surface area contributed by atoms with E-state index in [-0.39, 0.29) is 24.6 Å². The summed E-state index contributed by atoms with van der Waals surface area (Å²) in [4.78, 5) is 25.1. The standard InChI is InChI=1S/C21H21F2N5O2S/c1-12-4-14(5-13-2-3-18(29)26-19(12)13)15-6-17(31-10-15)9-27-11-25-28(21(27)30)8-16(7-24)20(22)23/h4-6,10-11H,2-3,7-9,24H2,1H3,(H,26,29). The van der Waals surface area contributed by atoms with Crippen molar-refractivity contribution in [3.63, 3.8) is 0 Å². The van der Waals surface area contributed by atoms with E-state index in [1.807, 2.05) is 24.4 Å². The van der Waals surface area contributed by atoms with Gasteiger partial charge in [-0.05, 0) is 59.2 Å². The molecule has 0 radical (unpaired) electrons. The second kappa shape index (κ2) is 8.56.